The number of ether oxygens (including phenoxy) is 1. The molecular formula is C15H18N4O3. The predicted molar refractivity (Wildman–Crippen MR) is 83.9 cm³/mol. The molecule has 116 valence electrons. The minimum atomic E-state index is -0.429. The molecule has 2 rings (SSSR count). The van der Waals surface area contributed by atoms with E-state index in [0.29, 0.717) is 19.6 Å². The molecule has 0 saturated heterocycles. The normalized spacial score (nSPS) is 10.5. The number of methoxy groups -OCH3 is 1. The molecule has 0 unspecified atom stereocenters. The Morgan fingerprint density at radius 1 is 1.45 bits per heavy atom. The van der Waals surface area contributed by atoms with Crippen molar-refractivity contribution in [3.8, 4) is 11.1 Å². The third-order valence-corrected chi connectivity index (χ3v) is 3.18. The van der Waals surface area contributed by atoms with E-state index in [1.165, 1.54) is 0 Å². The molecule has 0 aliphatic carbocycles. The van der Waals surface area contributed by atoms with Gasteiger partial charge in [-0.1, -0.05) is 13.0 Å². The number of anilines is 1. The van der Waals surface area contributed by atoms with Crippen LogP contribution >= 0.6 is 0 Å². The Balaban J connectivity index is 2.47. The molecule has 1 N–H and O–H groups in total. The van der Waals surface area contributed by atoms with E-state index in [1.54, 1.807) is 31.6 Å². The van der Waals surface area contributed by atoms with Gasteiger partial charge in [-0.2, -0.15) is 0 Å². The molecule has 2 heterocycles. The van der Waals surface area contributed by atoms with Crippen molar-refractivity contribution >= 4 is 11.5 Å². The molecule has 0 fully saturated rings. The maximum Gasteiger partial charge on any atom is 0.312 e. The van der Waals surface area contributed by atoms with Crippen molar-refractivity contribution < 1.29 is 9.66 Å². The topological polar surface area (TPSA) is 90.2 Å². The van der Waals surface area contributed by atoms with Crippen LogP contribution in [0, 0.1) is 10.1 Å². The van der Waals surface area contributed by atoms with Crippen LogP contribution in [-0.4, -0.2) is 35.2 Å². The van der Waals surface area contributed by atoms with E-state index in [9.17, 15) is 10.1 Å². The van der Waals surface area contributed by atoms with E-state index in [4.69, 9.17) is 4.74 Å². The van der Waals surface area contributed by atoms with Crippen LogP contribution in [0.3, 0.4) is 0 Å². The molecule has 2 aromatic rings. The van der Waals surface area contributed by atoms with Crippen LogP contribution in [-0.2, 0) is 11.2 Å². The molecule has 22 heavy (non-hydrogen) atoms. The van der Waals surface area contributed by atoms with Gasteiger partial charge in [0.25, 0.3) is 0 Å². The summed E-state index contributed by atoms with van der Waals surface area (Å²) in [5.41, 5.74) is 2.30. The average Bonchev–Trinajstić information content (AvgIpc) is 2.55. The zero-order chi connectivity index (χ0) is 15.9. The van der Waals surface area contributed by atoms with Gasteiger partial charge in [0.15, 0.2) is 0 Å². The number of hydrogen-bond acceptors (Lipinski definition) is 6. The smallest absolute Gasteiger partial charge is 0.312 e. The van der Waals surface area contributed by atoms with Gasteiger partial charge in [-0.25, -0.2) is 4.98 Å². The molecular weight excluding hydrogens is 284 g/mol. The van der Waals surface area contributed by atoms with Crippen LogP contribution in [0.5, 0.6) is 0 Å². The maximum atomic E-state index is 11.3. The van der Waals surface area contributed by atoms with E-state index < -0.39 is 4.92 Å². The Kier molecular flexibility index (Phi) is 5.37. The molecule has 0 aromatic carbocycles. The minimum Gasteiger partial charge on any atom is -0.383 e. The molecule has 0 saturated carbocycles. The highest BCUT2D eigenvalue weighted by atomic mass is 16.6. The summed E-state index contributed by atoms with van der Waals surface area (Å²) in [5.74, 6) is 0.270. The number of nitro groups is 1. The predicted octanol–water partition coefficient (Wildman–Crippen LogP) is 2.67. The van der Waals surface area contributed by atoms with Gasteiger partial charge in [-0.3, -0.25) is 15.1 Å². The molecule has 0 aliphatic heterocycles. The summed E-state index contributed by atoms with van der Waals surface area (Å²) in [5, 5.41) is 14.3. The Morgan fingerprint density at radius 3 is 2.86 bits per heavy atom. The first-order chi connectivity index (χ1) is 10.7. The second-order valence-corrected chi connectivity index (χ2v) is 4.62. The summed E-state index contributed by atoms with van der Waals surface area (Å²) < 4.78 is 4.95. The van der Waals surface area contributed by atoms with Gasteiger partial charge < -0.3 is 10.1 Å². The minimum absolute atomic E-state index is 0.0489. The van der Waals surface area contributed by atoms with Gasteiger partial charge in [0.05, 0.1) is 17.2 Å². The van der Waals surface area contributed by atoms with Crippen molar-refractivity contribution in [3.63, 3.8) is 0 Å². The van der Waals surface area contributed by atoms with Gasteiger partial charge in [0.1, 0.15) is 0 Å². The van der Waals surface area contributed by atoms with Crippen LogP contribution in [0.2, 0.25) is 0 Å². The average molecular weight is 302 g/mol. The zero-order valence-electron chi connectivity index (χ0n) is 12.6. The number of rotatable bonds is 7. The Morgan fingerprint density at radius 2 is 2.27 bits per heavy atom. The van der Waals surface area contributed by atoms with Gasteiger partial charge >= 0.3 is 5.69 Å². The lowest BCUT2D eigenvalue weighted by Crippen LogP contribution is -2.12. The lowest BCUT2D eigenvalue weighted by Gasteiger charge is -2.11. The highest BCUT2D eigenvalue weighted by Gasteiger charge is 2.20. The fourth-order valence-electron chi connectivity index (χ4n) is 2.12. The monoisotopic (exact) mass is 302 g/mol. The number of aryl methyl sites for hydroxylation is 1. The van der Waals surface area contributed by atoms with Crippen LogP contribution < -0.4 is 5.32 Å². The first-order valence-electron chi connectivity index (χ1n) is 6.98. The molecule has 7 nitrogen and oxygen atoms in total. The third kappa shape index (κ3) is 3.56. The molecule has 7 heteroatoms. The summed E-state index contributed by atoms with van der Waals surface area (Å²) in [6.07, 6.45) is 4.01. The van der Waals surface area contributed by atoms with Gasteiger partial charge in [0.2, 0.25) is 5.82 Å². The Bertz CT molecular complexity index is 647. The Hall–Kier alpha value is -2.54. The molecule has 0 atom stereocenters. The van der Waals surface area contributed by atoms with Gasteiger partial charge in [0, 0.05) is 43.2 Å². The standard InChI is InChI=1S/C15H18N4O3/c1-3-13-12(11-5-4-6-16-10-11)9-14(19(20)21)15(18-13)17-7-8-22-2/h4-6,9-10H,3,7-8H2,1-2H3,(H,17,18). The summed E-state index contributed by atoms with van der Waals surface area (Å²) in [4.78, 5) is 19.4. The fourth-order valence-corrected chi connectivity index (χ4v) is 2.12. The highest BCUT2D eigenvalue weighted by Crippen LogP contribution is 2.31. The van der Waals surface area contributed by atoms with Crippen LogP contribution in [0.1, 0.15) is 12.6 Å². The van der Waals surface area contributed by atoms with Crippen molar-refractivity contribution in [2.45, 2.75) is 13.3 Å². The molecule has 0 spiro atoms. The van der Waals surface area contributed by atoms with Gasteiger partial charge in [-0.15, -0.1) is 0 Å². The number of hydrogen-bond donors (Lipinski definition) is 1. The first kappa shape index (κ1) is 15.8. The summed E-state index contributed by atoms with van der Waals surface area (Å²) >= 11 is 0. The van der Waals surface area contributed by atoms with Crippen LogP contribution in [0.15, 0.2) is 30.6 Å². The van der Waals surface area contributed by atoms with E-state index in [2.05, 4.69) is 15.3 Å². The molecule has 0 aliphatic rings. The Labute approximate surface area is 128 Å². The number of nitrogens with zero attached hydrogens (tertiary/aromatic N) is 3. The van der Waals surface area contributed by atoms with E-state index >= 15 is 0 Å². The molecule has 0 amide bonds. The third-order valence-electron chi connectivity index (χ3n) is 3.18. The largest absolute Gasteiger partial charge is 0.383 e. The number of pyridine rings is 2. The van der Waals surface area contributed by atoms with E-state index in [0.717, 1.165) is 16.8 Å². The summed E-state index contributed by atoms with van der Waals surface area (Å²) in [6.45, 7) is 2.87. The first-order valence-corrected chi connectivity index (χ1v) is 6.98. The number of nitrogens with one attached hydrogen (secondary N) is 1. The second kappa shape index (κ2) is 7.46. The van der Waals surface area contributed by atoms with Crippen molar-refractivity contribution in [1.29, 1.82) is 0 Å². The van der Waals surface area contributed by atoms with Crippen molar-refractivity contribution in [3.05, 3.63) is 46.4 Å². The summed E-state index contributed by atoms with van der Waals surface area (Å²) in [6, 6.07) is 5.22. The maximum absolute atomic E-state index is 11.3. The lowest BCUT2D eigenvalue weighted by molar-refractivity contribution is -0.384. The summed E-state index contributed by atoms with van der Waals surface area (Å²) in [7, 11) is 1.58. The molecule has 2 aromatic heterocycles. The molecule has 0 bridgehead atoms. The second-order valence-electron chi connectivity index (χ2n) is 4.62. The van der Waals surface area contributed by atoms with Crippen LogP contribution in [0.25, 0.3) is 11.1 Å². The van der Waals surface area contributed by atoms with E-state index in [-0.39, 0.29) is 11.5 Å². The zero-order valence-corrected chi connectivity index (χ0v) is 12.6. The van der Waals surface area contributed by atoms with Crippen LogP contribution in [0.4, 0.5) is 11.5 Å². The van der Waals surface area contributed by atoms with E-state index in [1.807, 2.05) is 13.0 Å². The van der Waals surface area contributed by atoms with Crippen molar-refractivity contribution in [2.24, 2.45) is 0 Å². The SMILES string of the molecule is CCc1nc(NCCOC)c([N+](=O)[O-])cc1-c1cccnc1. The lowest BCUT2D eigenvalue weighted by atomic mass is 10.0. The number of aromatic nitrogens is 2. The fraction of sp³-hybridized carbons (Fsp3) is 0.333. The molecule has 0 radical (unpaired) electrons. The van der Waals surface area contributed by atoms with Crippen molar-refractivity contribution in [1.82, 2.24) is 9.97 Å². The van der Waals surface area contributed by atoms with Crippen molar-refractivity contribution in [2.75, 3.05) is 25.6 Å². The van der Waals surface area contributed by atoms with Gasteiger partial charge in [-0.05, 0) is 12.5 Å². The quantitative estimate of drug-likeness (QED) is 0.480. The highest BCUT2D eigenvalue weighted by molar-refractivity contribution is 5.72.